The molecule has 9 nitrogen and oxygen atoms in total. The number of carbonyl (C=O) groups excluding carboxylic acids is 2. The van der Waals surface area contributed by atoms with Gasteiger partial charge in [-0.2, -0.15) is 0 Å². The summed E-state index contributed by atoms with van der Waals surface area (Å²) in [5.74, 6) is 0.0427. The van der Waals surface area contributed by atoms with Crippen LogP contribution in [0.25, 0.3) is 0 Å². The number of thioether (sulfide) groups is 1. The maximum Gasteiger partial charge on any atom is 0.302 e. The summed E-state index contributed by atoms with van der Waals surface area (Å²) in [5, 5.41) is 0. The fraction of sp³-hybridized carbons (Fsp3) is 0.600. The van der Waals surface area contributed by atoms with Crippen LogP contribution in [-0.4, -0.2) is 78.6 Å². The van der Waals surface area contributed by atoms with Crippen molar-refractivity contribution in [2.75, 3.05) is 19.0 Å². The van der Waals surface area contributed by atoms with E-state index in [4.69, 9.17) is 33.2 Å². The minimum Gasteiger partial charge on any atom is -0.463 e. The molecule has 0 aliphatic carbocycles. The van der Waals surface area contributed by atoms with Gasteiger partial charge in [-0.3, -0.25) is 9.59 Å². The van der Waals surface area contributed by atoms with Gasteiger partial charge in [0.25, 0.3) is 0 Å². The molecule has 2 aromatic rings. The summed E-state index contributed by atoms with van der Waals surface area (Å²) >= 11 is 1.76. The third-order valence-corrected chi connectivity index (χ3v) is 9.87. The lowest BCUT2D eigenvalue weighted by Gasteiger charge is -2.54. The Bertz CT molecular complexity index is 1210. The number of rotatable bonds is 13. The SMILES string of the molecule is CCS[C@]12C[C@@H](OCc3ccccc3)[C@H](CCOCc3ccccc3)O[C@@H]1C[C@@H]1O[C@H](COC(C)=O)[C@@H](OC(C)=O)CC[C@H]1O2. The summed E-state index contributed by atoms with van der Waals surface area (Å²) in [4.78, 5) is 22.9. The molecule has 8 atom stereocenters. The maximum atomic E-state index is 11.9. The number of fused-ring (bicyclic) bond motifs is 2. The summed E-state index contributed by atoms with van der Waals surface area (Å²) in [6, 6.07) is 20.3. The van der Waals surface area contributed by atoms with E-state index in [1.165, 1.54) is 13.8 Å². The molecule has 3 saturated heterocycles. The first-order valence-corrected chi connectivity index (χ1v) is 17.0. The average molecular weight is 643 g/mol. The first-order chi connectivity index (χ1) is 21.8. The minimum atomic E-state index is -0.616. The summed E-state index contributed by atoms with van der Waals surface area (Å²) in [7, 11) is 0. The molecular formula is C35H46O9S. The van der Waals surface area contributed by atoms with Crippen LogP contribution in [0, 0.1) is 0 Å². The molecule has 3 fully saturated rings. The van der Waals surface area contributed by atoms with Crippen molar-refractivity contribution in [1.29, 1.82) is 0 Å². The van der Waals surface area contributed by atoms with Crippen molar-refractivity contribution in [3.63, 3.8) is 0 Å². The van der Waals surface area contributed by atoms with Crippen LogP contribution in [0.3, 0.4) is 0 Å². The molecular weight excluding hydrogens is 596 g/mol. The van der Waals surface area contributed by atoms with E-state index in [0.29, 0.717) is 51.9 Å². The highest BCUT2D eigenvalue weighted by Crippen LogP contribution is 2.50. The lowest BCUT2D eigenvalue weighted by molar-refractivity contribution is -0.275. The van der Waals surface area contributed by atoms with Gasteiger partial charge in [-0.05, 0) is 36.1 Å². The summed E-state index contributed by atoms with van der Waals surface area (Å²) < 4.78 is 44.1. The van der Waals surface area contributed by atoms with Gasteiger partial charge in [0, 0.05) is 33.3 Å². The number of esters is 2. The Morgan fingerprint density at radius 1 is 0.867 bits per heavy atom. The topological polar surface area (TPSA) is 98.8 Å². The van der Waals surface area contributed by atoms with Gasteiger partial charge in [0.15, 0.2) is 0 Å². The van der Waals surface area contributed by atoms with Crippen LogP contribution in [-0.2, 0) is 56.0 Å². The minimum absolute atomic E-state index is 0.00759. The zero-order chi connectivity index (χ0) is 31.6. The molecule has 45 heavy (non-hydrogen) atoms. The molecule has 0 spiro atoms. The van der Waals surface area contributed by atoms with Crippen molar-refractivity contribution < 1.29 is 42.7 Å². The van der Waals surface area contributed by atoms with Crippen molar-refractivity contribution in [3.05, 3.63) is 71.8 Å². The largest absolute Gasteiger partial charge is 0.463 e. The van der Waals surface area contributed by atoms with Gasteiger partial charge in [-0.15, -0.1) is 11.8 Å². The smallest absolute Gasteiger partial charge is 0.302 e. The van der Waals surface area contributed by atoms with E-state index in [-0.39, 0.29) is 37.1 Å². The zero-order valence-electron chi connectivity index (χ0n) is 26.5. The van der Waals surface area contributed by atoms with Gasteiger partial charge < -0.3 is 33.2 Å². The summed E-state index contributed by atoms with van der Waals surface area (Å²) in [5.41, 5.74) is 2.23. The normalized spacial score (nSPS) is 31.2. The van der Waals surface area contributed by atoms with Gasteiger partial charge in [0.1, 0.15) is 23.7 Å². The number of hydrogen-bond donors (Lipinski definition) is 0. The van der Waals surface area contributed by atoms with Crippen LogP contribution >= 0.6 is 11.8 Å². The molecule has 3 aliphatic rings. The monoisotopic (exact) mass is 642 g/mol. The van der Waals surface area contributed by atoms with Crippen molar-refractivity contribution in [3.8, 4) is 0 Å². The van der Waals surface area contributed by atoms with E-state index in [0.717, 1.165) is 16.9 Å². The predicted octanol–water partition coefficient (Wildman–Crippen LogP) is 5.62. The van der Waals surface area contributed by atoms with Gasteiger partial charge in [-0.25, -0.2) is 0 Å². The van der Waals surface area contributed by atoms with Crippen molar-refractivity contribution in [2.24, 2.45) is 0 Å². The molecule has 0 bridgehead atoms. The molecule has 3 heterocycles. The maximum absolute atomic E-state index is 11.9. The van der Waals surface area contributed by atoms with Crippen LogP contribution in [0.5, 0.6) is 0 Å². The highest BCUT2D eigenvalue weighted by Gasteiger charge is 2.57. The zero-order valence-corrected chi connectivity index (χ0v) is 27.3. The second kappa shape index (κ2) is 16.4. The molecule has 2 aromatic carbocycles. The molecule has 0 saturated carbocycles. The molecule has 0 N–H and O–H groups in total. The Morgan fingerprint density at radius 3 is 2.24 bits per heavy atom. The number of hydrogen-bond acceptors (Lipinski definition) is 10. The Labute approximate surface area is 270 Å². The van der Waals surface area contributed by atoms with Crippen LogP contribution in [0.4, 0.5) is 0 Å². The molecule has 0 aromatic heterocycles. The summed E-state index contributed by atoms with van der Waals surface area (Å²) in [6.45, 7) is 6.42. The van der Waals surface area contributed by atoms with Gasteiger partial charge in [0.2, 0.25) is 0 Å². The van der Waals surface area contributed by atoms with Gasteiger partial charge in [0.05, 0.1) is 43.7 Å². The van der Waals surface area contributed by atoms with Crippen LogP contribution in [0.2, 0.25) is 0 Å². The summed E-state index contributed by atoms with van der Waals surface area (Å²) in [6.07, 6.45) is 0.821. The first kappa shape index (κ1) is 33.9. The number of benzene rings is 2. The van der Waals surface area contributed by atoms with Gasteiger partial charge >= 0.3 is 11.9 Å². The molecule has 5 rings (SSSR count). The van der Waals surface area contributed by atoms with E-state index in [1.807, 2.05) is 36.4 Å². The van der Waals surface area contributed by atoms with Crippen LogP contribution in [0.15, 0.2) is 60.7 Å². The molecule has 246 valence electrons. The predicted molar refractivity (Wildman–Crippen MR) is 169 cm³/mol. The lowest BCUT2D eigenvalue weighted by Crippen LogP contribution is -2.63. The van der Waals surface area contributed by atoms with E-state index in [9.17, 15) is 9.59 Å². The average Bonchev–Trinajstić information content (AvgIpc) is 3.19. The first-order valence-electron chi connectivity index (χ1n) is 16.1. The van der Waals surface area contributed by atoms with Crippen LogP contribution in [0.1, 0.15) is 64.0 Å². The van der Waals surface area contributed by atoms with Crippen molar-refractivity contribution in [1.82, 2.24) is 0 Å². The second-order valence-corrected chi connectivity index (χ2v) is 13.5. The number of carbonyl (C=O) groups is 2. The fourth-order valence-electron chi connectivity index (χ4n) is 6.50. The van der Waals surface area contributed by atoms with Crippen molar-refractivity contribution in [2.45, 2.75) is 114 Å². The molecule has 10 heteroatoms. The quantitative estimate of drug-likeness (QED) is 0.202. The van der Waals surface area contributed by atoms with E-state index in [2.05, 4.69) is 31.2 Å². The molecule has 0 amide bonds. The lowest BCUT2D eigenvalue weighted by atomic mass is 9.87. The number of ether oxygens (including phenoxy) is 7. The highest BCUT2D eigenvalue weighted by atomic mass is 32.2. The third-order valence-electron chi connectivity index (χ3n) is 8.56. The van der Waals surface area contributed by atoms with E-state index >= 15 is 0 Å². The molecule has 0 unspecified atom stereocenters. The Kier molecular flexibility index (Phi) is 12.3. The van der Waals surface area contributed by atoms with E-state index in [1.54, 1.807) is 11.8 Å². The third kappa shape index (κ3) is 9.30. The van der Waals surface area contributed by atoms with Crippen LogP contribution < -0.4 is 0 Å². The second-order valence-electron chi connectivity index (χ2n) is 11.9. The van der Waals surface area contributed by atoms with Crippen molar-refractivity contribution >= 4 is 23.7 Å². The van der Waals surface area contributed by atoms with Gasteiger partial charge in [-0.1, -0.05) is 67.6 Å². The standard InChI is InChI=1S/C35H46O9S/c1-4-45-35-20-32(40-22-27-13-9-6-10-14-27)29(17-18-38-21-26-11-7-5-8-12-26)43-34(35)19-31-30(44-35)16-15-28(41-25(3)37)33(42-31)23-39-24(2)36/h5-14,28-34H,4,15-23H2,1-3H3/t28-,29-,30+,31-,32+,33+,34+,35+/m0/s1. The fourth-order valence-corrected chi connectivity index (χ4v) is 7.80. The highest BCUT2D eigenvalue weighted by molar-refractivity contribution is 8.00. The Morgan fingerprint density at radius 2 is 1.58 bits per heavy atom. The Hall–Kier alpha value is -2.47. The Balaban J connectivity index is 1.32. The van der Waals surface area contributed by atoms with E-state index < -0.39 is 29.1 Å². The molecule has 0 radical (unpaired) electrons. The molecule has 3 aliphatic heterocycles.